The van der Waals surface area contributed by atoms with E-state index in [4.69, 9.17) is 9.47 Å². The number of hydrogen-bond acceptors (Lipinski definition) is 19. The van der Waals surface area contributed by atoms with E-state index in [-0.39, 0.29) is 229 Å². The van der Waals surface area contributed by atoms with Crippen LogP contribution in [0, 0.1) is 13.8 Å². The van der Waals surface area contributed by atoms with Crippen molar-refractivity contribution in [1.82, 2.24) is 0 Å². The largest absolute Gasteiger partial charge is 1.00 e. The summed E-state index contributed by atoms with van der Waals surface area (Å²) in [6.07, 6.45) is 0. The molecule has 0 atom stereocenters. The molecule has 6 aromatic carbocycles. The van der Waals surface area contributed by atoms with Crippen molar-refractivity contribution in [3.8, 4) is 11.5 Å². The van der Waals surface area contributed by atoms with Crippen LogP contribution >= 0.6 is 0 Å². The van der Waals surface area contributed by atoms with Gasteiger partial charge in [0, 0.05) is 22.9 Å². The van der Waals surface area contributed by atoms with E-state index in [1.165, 1.54) is 74.9 Å². The molecule has 0 radical (unpaired) electrons. The van der Waals surface area contributed by atoms with Gasteiger partial charge in [0.05, 0.1) is 67.9 Å². The predicted octanol–water partition coefficient (Wildman–Crippen LogP) is -5.27. The number of carbonyl (C=O) groups excluding carboxylic acids is 1. The number of nitrogens with zero attached hydrogens (tertiary/aromatic N) is 4. The van der Waals surface area contributed by atoms with Gasteiger partial charge in [0.25, 0.3) is 0 Å². The fraction of sp³-hybridized carbons (Fsp3) is 0.108. The van der Waals surface area contributed by atoms with Crippen molar-refractivity contribution in [3.63, 3.8) is 0 Å². The number of ether oxygens (including phenoxy) is 2. The molecule has 0 aliphatic carbocycles. The molecule has 0 aliphatic rings. The second-order valence-electron chi connectivity index (χ2n) is 13.1. The number of rotatable bonds is 12. The van der Waals surface area contributed by atoms with Gasteiger partial charge in [-0.1, -0.05) is 12.1 Å². The first-order valence-corrected chi connectivity index (χ1v) is 22.8. The number of methoxy groups -OCH3 is 2. The molecular formula is C37H28K2N6Na2O15S4. The van der Waals surface area contributed by atoms with Gasteiger partial charge in [0.1, 0.15) is 52.0 Å². The van der Waals surface area contributed by atoms with E-state index in [9.17, 15) is 56.7 Å². The third kappa shape index (κ3) is 14.9. The predicted molar refractivity (Wildman–Crippen MR) is 216 cm³/mol. The Labute approximate surface area is 507 Å². The minimum absolute atomic E-state index is 0. The summed E-state index contributed by atoms with van der Waals surface area (Å²) in [4.78, 5) is 9.60. The molecule has 0 saturated carbocycles. The van der Waals surface area contributed by atoms with Crippen molar-refractivity contribution in [1.29, 1.82) is 0 Å². The van der Waals surface area contributed by atoms with Crippen molar-refractivity contribution in [2.24, 2.45) is 20.5 Å². The summed E-state index contributed by atoms with van der Waals surface area (Å²) >= 11 is 0. The smallest absolute Gasteiger partial charge is 0.744 e. The summed E-state index contributed by atoms with van der Waals surface area (Å²) in [5.41, 5.74) is 2.02. The van der Waals surface area contributed by atoms with Crippen LogP contribution in [0.15, 0.2) is 125 Å². The molecule has 2 N–H and O–H groups in total. The maximum Gasteiger partial charge on any atom is 1.00 e. The normalized spacial score (nSPS) is 11.9. The molecule has 0 unspecified atom stereocenters. The third-order valence-corrected chi connectivity index (χ3v) is 12.3. The number of amides is 2. The van der Waals surface area contributed by atoms with Crippen LogP contribution in [0.1, 0.15) is 11.1 Å². The molecule has 0 heterocycles. The van der Waals surface area contributed by atoms with Crippen LogP contribution < -0.4 is 182 Å². The van der Waals surface area contributed by atoms with Gasteiger partial charge in [0.15, 0.2) is 0 Å². The second-order valence-corrected chi connectivity index (χ2v) is 18.6. The molecule has 0 bridgehead atoms. The van der Waals surface area contributed by atoms with E-state index in [1.807, 2.05) is 0 Å². The summed E-state index contributed by atoms with van der Waals surface area (Å²) < 4.78 is 152. The Morgan fingerprint density at radius 1 is 0.500 bits per heavy atom. The van der Waals surface area contributed by atoms with Crippen molar-refractivity contribution >= 4 is 102 Å². The number of hydrogen-bond donors (Lipinski definition) is 2. The van der Waals surface area contributed by atoms with Gasteiger partial charge in [-0.05, 0) is 96.4 Å². The standard InChI is InChI=1S/C37H32N6O15S4.2K.2Na/c1-19-9-31(33(57-3)17-29(19)42-40-23-7-5-21-11-25(59(45,46)47)15-35(27(21)13-23)61(51,52)53)38-37(44)39-32-10-20(2)30(18-34(32)58-4)43-41-24-8-6-22-12-26(60(48,49)50)16-36(28(22)14-24)62(54,55)56;;;;/h5-18H,1-4H3,(H2,38,39,44)(H,45,46,47)(H,48,49,50)(H,51,52,53)(H,54,55,56);;;;/q;4*+1/p-4. The molecule has 0 aromatic heterocycles. The van der Waals surface area contributed by atoms with E-state index in [0.717, 1.165) is 12.1 Å². The molecule has 0 fully saturated rings. The first-order valence-electron chi connectivity index (χ1n) is 17.1. The van der Waals surface area contributed by atoms with Crippen LogP contribution in [0.4, 0.5) is 38.9 Å². The van der Waals surface area contributed by atoms with Gasteiger partial charge < -0.3 is 38.3 Å². The minimum Gasteiger partial charge on any atom is -0.744 e. The van der Waals surface area contributed by atoms with Crippen molar-refractivity contribution in [2.75, 3.05) is 24.9 Å². The van der Waals surface area contributed by atoms with Crippen molar-refractivity contribution in [2.45, 2.75) is 33.4 Å². The van der Waals surface area contributed by atoms with Gasteiger partial charge in [-0.25, -0.2) is 38.5 Å². The van der Waals surface area contributed by atoms with Gasteiger partial charge in [-0.15, -0.1) is 0 Å². The number of fused-ring (bicyclic) bond motifs is 2. The third-order valence-electron chi connectivity index (χ3n) is 8.94. The summed E-state index contributed by atoms with van der Waals surface area (Å²) in [5.74, 6) is 0.292. The Bertz CT molecular complexity index is 3180. The molecule has 0 saturated heterocycles. The van der Waals surface area contributed by atoms with Crippen LogP contribution in [0.3, 0.4) is 0 Å². The zero-order chi connectivity index (χ0) is 45.5. The van der Waals surface area contributed by atoms with Crippen LogP contribution in [0.5, 0.6) is 11.5 Å². The van der Waals surface area contributed by atoms with Gasteiger partial charge >= 0.3 is 168 Å². The Kier molecular flexibility index (Phi) is 22.4. The second kappa shape index (κ2) is 24.3. The van der Waals surface area contributed by atoms with E-state index >= 15 is 0 Å². The van der Waals surface area contributed by atoms with Crippen LogP contribution in [0.2, 0.25) is 0 Å². The summed E-state index contributed by atoms with van der Waals surface area (Å²) in [6, 6.07) is 15.7. The molecule has 6 rings (SSSR count). The molecule has 324 valence electrons. The van der Waals surface area contributed by atoms with E-state index in [2.05, 4.69) is 31.1 Å². The monoisotopic (exact) mass is 1050 g/mol. The zero-order valence-electron chi connectivity index (χ0n) is 36.1. The zero-order valence-corrected chi connectivity index (χ0v) is 49.6. The number of urea groups is 1. The van der Waals surface area contributed by atoms with Crippen molar-refractivity contribution in [3.05, 3.63) is 96.1 Å². The number of anilines is 2. The summed E-state index contributed by atoms with van der Waals surface area (Å²) in [5, 5.41) is 21.5. The summed E-state index contributed by atoms with van der Waals surface area (Å²) in [6.45, 7) is 3.29. The molecule has 2 amide bonds. The van der Waals surface area contributed by atoms with E-state index < -0.39 is 66.1 Å². The van der Waals surface area contributed by atoms with Gasteiger partial charge in [-0.2, -0.15) is 20.5 Å². The average Bonchev–Trinajstić information content (AvgIpc) is 3.17. The van der Waals surface area contributed by atoms with Crippen LogP contribution in [-0.4, -0.2) is 72.1 Å². The van der Waals surface area contributed by atoms with Gasteiger partial charge in [0.2, 0.25) is 0 Å². The maximum atomic E-state index is 13.2. The topological polar surface area (TPSA) is 338 Å². The Hall–Kier alpha value is -1.18. The van der Waals surface area contributed by atoms with E-state index in [0.29, 0.717) is 23.3 Å². The Morgan fingerprint density at radius 3 is 1.15 bits per heavy atom. The molecule has 0 spiro atoms. The van der Waals surface area contributed by atoms with Crippen molar-refractivity contribution < 1.29 is 228 Å². The maximum absolute atomic E-state index is 13.2. The molecule has 66 heavy (non-hydrogen) atoms. The SMILES string of the molecule is COc1cc(N=Nc2ccc3cc(S(=O)(=O)[O-])cc(S(=O)(=O)[O-])c3c2)c(C)cc1NC(=O)Nc1cc(C)c(N=Nc2ccc3cc(S(=O)(=O)[O-])cc(S(=O)(=O)[O-])c3c2)cc1OC.[K+].[K+].[Na+].[Na+]. The summed E-state index contributed by atoms with van der Waals surface area (Å²) in [7, 11) is -17.9. The molecule has 0 aliphatic heterocycles. The number of aryl methyl sites for hydroxylation is 2. The Morgan fingerprint density at radius 2 is 0.848 bits per heavy atom. The fourth-order valence-electron chi connectivity index (χ4n) is 6.00. The number of azo groups is 2. The molecule has 6 aromatic rings. The average molecular weight is 1050 g/mol. The number of nitrogens with one attached hydrogen (secondary N) is 2. The van der Waals surface area contributed by atoms with Gasteiger partial charge in [-0.3, -0.25) is 0 Å². The molecular weight excluding hydrogens is 1020 g/mol. The molecule has 21 nitrogen and oxygen atoms in total. The Balaban J connectivity index is 0.00000374. The first kappa shape index (κ1) is 60.9. The number of carbonyl (C=O) groups is 1. The quantitative estimate of drug-likeness (QED) is 0.0657. The van der Waals surface area contributed by atoms with Crippen LogP contribution in [0.25, 0.3) is 21.5 Å². The van der Waals surface area contributed by atoms with Crippen LogP contribution in [-0.2, 0) is 40.5 Å². The fourth-order valence-corrected chi connectivity index (χ4v) is 8.65. The van der Waals surface area contributed by atoms with E-state index in [1.54, 1.807) is 13.8 Å². The molecule has 29 heteroatoms. The minimum atomic E-state index is -5.22. The number of benzene rings is 6. The first-order chi connectivity index (χ1) is 28.8.